The summed E-state index contributed by atoms with van der Waals surface area (Å²) in [5, 5.41) is 55.5. The van der Waals surface area contributed by atoms with E-state index in [0.29, 0.717) is 123 Å². The molecule has 0 radical (unpaired) electrons. The maximum absolute atomic E-state index is 13.3. The number of allylic oxidation sites excluding steroid dienone is 25. The number of nitrogens with one attached hydrogen (secondary N) is 4. The zero-order valence-corrected chi connectivity index (χ0v) is 66.4. The molecule has 106 heavy (non-hydrogen) atoms. The molecule has 17 heteroatoms. The Bertz CT molecular complexity index is 2420. The number of aliphatic hydroxyl groups is 4. The van der Waals surface area contributed by atoms with Crippen molar-refractivity contribution < 1.29 is 44.3 Å². The third-order valence-corrected chi connectivity index (χ3v) is 17.6. The summed E-state index contributed by atoms with van der Waals surface area (Å²) in [4.78, 5) is 54.4. The average molecular weight is 1470 g/mol. The summed E-state index contributed by atoms with van der Waals surface area (Å²) >= 11 is 0. The molecule has 0 aromatic rings. The van der Waals surface area contributed by atoms with Gasteiger partial charge in [0.25, 0.3) is 0 Å². The second-order valence-electron chi connectivity index (χ2n) is 27.5. The minimum absolute atomic E-state index is 0.0793. The van der Waals surface area contributed by atoms with Gasteiger partial charge < -0.3 is 57.9 Å². The zero-order valence-electron chi connectivity index (χ0n) is 66.4. The van der Waals surface area contributed by atoms with Gasteiger partial charge in [-0.1, -0.05) is 217 Å². The molecule has 0 aromatic carbocycles. The van der Waals surface area contributed by atoms with Crippen LogP contribution in [0, 0.1) is 0 Å². The molecule has 4 amide bonds. The number of aliphatic hydroxyl groups excluding tert-OH is 4. The average Bonchev–Trinajstić information content (AvgIpc) is 1.20. The summed E-state index contributed by atoms with van der Waals surface area (Å²) in [6.45, 7) is 15.9. The minimum atomic E-state index is -0.605. The lowest BCUT2D eigenvalue weighted by atomic mass is 10.0. The van der Waals surface area contributed by atoms with E-state index in [-0.39, 0.29) is 23.6 Å². The molecule has 0 aromatic heterocycles. The predicted octanol–water partition coefficient (Wildman–Crippen LogP) is 15.2. The van der Waals surface area contributed by atoms with Crippen molar-refractivity contribution in [1.29, 1.82) is 0 Å². The van der Waals surface area contributed by atoms with Crippen molar-refractivity contribution >= 4 is 23.6 Å². The molecule has 9 unspecified atom stereocenters. The molecule has 3 saturated heterocycles. The van der Waals surface area contributed by atoms with Crippen molar-refractivity contribution in [2.24, 2.45) is 11.5 Å². The van der Waals surface area contributed by atoms with Crippen LogP contribution in [0.15, 0.2) is 182 Å². The molecule has 0 saturated carbocycles. The third-order valence-electron chi connectivity index (χ3n) is 17.6. The van der Waals surface area contributed by atoms with Gasteiger partial charge in [-0.15, -0.1) is 0 Å². The highest BCUT2D eigenvalue weighted by atomic mass is 16.6. The van der Waals surface area contributed by atoms with Crippen LogP contribution in [-0.4, -0.2) is 168 Å². The summed E-state index contributed by atoms with van der Waals surface area (Å²) in [5.74, 6) is -0.497. The molecule has 3 fully saturated rings. The molecule has 598 valence electrons. The quantitative estimate of drug-likeness (QED) is 0.0154. The van der Waals surface area contributed by atoms with E-state index >= 15 is 0 Å². The molecule has 0 aliphatic carbocycles. The van der Waals surface area contributed by atoms with E-state index in [4.69, 9.17) is 16.2 Å². The van der Waals surface area contributed by atoms with Crippen molar-refractivity contribution in [2.75, 3.05) is 59.0 Å². The fraction of sp³-hybridized carbons (Fsp3) is 0.618. The molecule has 3 rings (SSSR count). The van der Waals surface area contributed by atoms with Gasteiger partial charge in [0.1, 0.15) is 24.2 Å². The summed E-state index contributed by atoms with van der Waals surface area (Å²) in [6, 6.07) is -2.00. The van der Waals surface area contributed by atoms with Crippen molar-refractivity contribution in [3.05, 3.63) is 182 Å². The molecule has 3 heterocycles. The van der Waals surface area contributed by atoms with Crippen LogP contribution in [0.5, 0.6) is 0 Å². The summed E-state index contributed by atoms with van der Waals surface area (Å²) in [7, 11) is 0. The van der Waals surface area contributed by atoms with Gasteiger partial charge in [-0.3, -0.25) is 29.0 Å². The number of carbonyl (C=O) groups excluding carboxylic acids is 4. The fourth-order valence-electron chi connectivity index (χ4n) is 11.5. The van der Waals surface area contributed by atoms with Crippen LogP contribution >= 0.6 is 0 Å². The number of nitrogens with zero attached hydrogens (tertiary/aromatic N) is 2. The summed E-state index contributed by atoms with van der Waals surface area (Å²) in [6.07, 6.45) is 88.5. The largest absolute Gasteiger partial charge is 0.391 e. The number of ether oxygens (including phenoxy) is 1. The van der Waals surface area contributed by atoms with Gasteiger partial charge in [-0.25, -0.2) is 0 Å². The molecule has 3 aliphatic rings. The highest BCUT2D eigenvalue weighted by Gasteiger charge is 2.34. The molecule has 3 aliphatic heterocycles. The van der Waals surface area contributed by atoms with Crippen LogP contribution in [0.3, 0.4) is 0 Å². The Morgan fingerprint density at radius 1 is 0.330 bits per heavy atom. The van der Waals surface area contributed by atoms with Crippen molar-refractivity contribution in [1.82, 2.24) is 31.1 Å². The standard InChI is InChI=1S/C64H104N4O6.C13H20O.C12H24N4O2/c1-5-9-13-17-21-25-29-33-37-45-57(69)53-67(54-58(70)46-38-34-30-26-22-18-14-10-6-2)51-43-41-49-61-63(73)66-62(64(74)65-61)50-42-44-52-68(55-59(71)47-39-35-31-27-23-19-15-11-7-3)56-60(72)48-40-36-32-28-24-20-16-12-8-4;1-2-3-4-5-6-7-8-9-10-11-13-12-14-13;13-7-3-1-5-9-11(17)16-10(12(18)15-9)6-2-4-8-14/h9-16,21-28,33-40,57-62,69-72H,5-8,17-20,29-32,41-56H2,1-4H3,(H,65,74)(H,66,73);3-4,6-7,9-10,13H,2,5,8,11-12H2,1H3;9-10H,1-8,13-14H2,(H,15,18)(H,16,17)/b13-9-,14-10-,15-11-,16-12-,25-21-,26-22-,27-23-,28-24-,37-33-,38-34-,39-35-,40-36-;4-3-,7-6-,10-9-;. The van der Waals surface area contributed by atoms with Gasteiger partial charge in [0.05, 0.1) is 37.1 Å². The number of hydrogen-bond acceptors (Lipinski definition) is 13. The van der Waals surface area contributed by atoms with E-state index in [1.807, 2.05) is 24.3 Å². The van der Waals surface area contributed by atoms with E-state index in [1.54, 1.807) is 0 Å². The van der Waals surface area contributed by atoms with Crippen LogP contribution in [-0.2, 0) is 23.9 Å². The number of rotatable bonds is 61. The molecule has 17 nitrogen and oxygen atoms in total. The first-order valence-corrected chi connectivity index (χ1v) is 40.9. The second-order valence-corrected chi connectivity index (χ2v) is 27.5. The van der Waals surface area contributed by atoms with Crippen LogP contribution in [0.4, 0.5) is 0 Å². The molecular formula is C89H148N8O9. The van der Waals surface area contributed by atoms with Gasteiger partial charge >= 0.3 is 0 Å². The van der Waals surface area contributed by atoms with E-state index < -0.39 is 48.6 Å². The Morgan fingerprint density at radius 3 is 0.755 bits per heavy atom. The van der Waals surface area contributed by atoms with E-state index in [1.165, 1.54) is 0 Å². The van der Waals surface area contributed by atoms with E-state index in [2.05, 4.69) is 224 Å². The molecule has 0 spiro atoms. The lowest BCUT2D eigenvalue weighted by molar-refractivity contribution is -0.137. The Balaban J connectivity index is 0.00000141. The summed E-state index contributed by atoms with van der Waals surface area (Å²) in [5.41, 5.74) is 10.8. The number of amides is 4. The van der Waals surface area contributed by atoms with Gasteiger partial charge in [-0.05, 0) is 232 Å². The van der Waals surface area contributed by atoms with E-state index in [9.17, 15) is 39.6 Å². The topological polar surface area (TPSA) is 268 Å². The monoisotopic (exact) mass is 1470 g/mol. The van der Waals surface area contributed by atoms with Crippen LogP contribution in [0.2, 0.25) is 0 Å². The van der Waals surface area contributed by atoms with Gasteiger partial charge in [0.2, 0.25) is 23.6 Å². The van der Waals surface area contributed by atoms with Gasteiger partial charge in [0, 0.05) is 26.2 Å². The van der Waals surface area contributed by atoms with Gasteiger partial charge in [-0.2, -0.15) is 0 Å². The van der Waals surface area contributed by atoms with Crippen molar-refractivity contribution in [3.63, 3.8) is 0 Å². The fourth-order valence-corrected chi connectivity index (χ4v) is 11.5. The number of carbonyl (C=O) groups is 4. The maximum Gasteiger partial charge on any atom is 0.243 e. The van der Waals surface area contributed by atoms with Crippen LogP contribution < -0.4 is 32.7 Å². The number of unbranched alkanes of at least 4 members (excludes halogenated alkanes) is 4. The lowest BCUT2D eigenvalue weighted by Gasteiger charge is -2.31. The number of nitrogens with two attached hydrogens (primary N) is 2. The lowest BCUT2D eigenvalue weighted by Crippen LogP contribution is -2.61. The molecule has 9 atom stereocenters. The highest BCUT2D eigenvalue weighted by molar-refractivity contribution is 5.97. The normalized spacial score (nSPS) is 19.5. The van der Waals surface area contributed by atoms with Crippen molar-refractivity contribution in [2.45, 2.75) is 295 Å². The second kappa shape index (κ2) is 71.5. The Kier molecular flexibility index (Phi) is 65.9. The van der Waals surface area contributed by atoms with Crippen LogP contribution in [0.25, 0.3) is 0 Å². The molecular weight excluding hydrogens is 1330 g/mol. The summed E-state index contributed by atoms with van der Waals surface area (Å²) < 4.78 is 5.10. The predicted molar refractivity (Wildman–Crippen MR) is 446 cm³/mol. The van der Waals surface area contributed by atoms with Crippen molar-refractivity contribution in [3.8, 4) is 0 Å². The van der Waals surface area contributed by atoms with E-state index in [0.717, 1.165) is 148 Å². The highest BCUT2D eigenvalue weighted by Crippen LogP contribution is 2.17. The zero-order chi connectivity index (χ0) is 77.4. The maximum atomic E-state index is 13.3. The molecule has 0 bridgehead atoms. The molecule has 12 N–H and O–H groups in total. The first kappa shape index (κ1) is 97.6. The minimum Gasteiger partial charge on any atom is -0.391 e. The Hall–Kier alpha value is -6.38. The third kappa shape index (κ3) is 59.6. The van der Waals surface area contributed by atoms with Crippen LogP contribution in [0.1, 0.15) is 240 Å². The Labute approximate surface area is 643 Å². The first-order valence-electron chi connectivity index (χ1n) is 40.9. The Morgan fingerprint density at radius 2 is 0.538 bits per heavy atom. The number of hydrogen-bond donors (Lipinski definition) is 10. The van der Waals surface area contributed by atoms with Gasteiger partial charge in [0.15, 0.2) is 0 Å². The first-order chi connectivity index (χ1) is 51.7. The number of piperazine rings is 2. The smallest absolute Gasteiger partial charge is 0.243 e. The SMILES string of the molecule is CC/C=C\C/C=C\C/C=C\CC(O)CN(CCCCC1NC(=O)C(CCCCN(CC(O)C/C=C\C/C=C\C/C=C\CC)CC(O)C/C=C\C/C=C\C/C=C\CC)NC1=O)CC(O)C/C=C\C/C=C\C/C=C\CC.CC/C=C\C/C=C\C/C=C\CC1CO1.NCCCCC1NC(=O)C(CCCCN)NC1=O. The number of epoxide rings is 1.